The van der Waals surface area contributed by atoms with E-state index >= 15 is 0 Å². The number of hydrogen-bond acceptors (Lipinski definition) is 4. The summed E-state index contributed by atoms with van der Waals surface area (Å²) in [4.78, 5) is 12.7. The molecule has 2 heterocycles. The molecule has 0 unspecified atom stereocenters. The first-order valence-corrected chi connectivity index (χ1v) is 11.7. The van der Waals surface area contributed by atoms with E-state index in [4.69, 9.17) is 9.15 Å². The predicted molar refractivity (Wildman–Crippen MR) is 137 cm³/mol. The Labute approximate surface area is 204 Å². The number of furan rings is 1. The van der Waals surface area contributed by atoms with Crippen LogP contribution in [0.5, 0.6) is 5.75 Å². The molecule has 6 heteroatoms. The third-order valence-electron chi connectivity index (χ3n) is 5.92. The molecular weight excluding hydrogens is 438 g/mol. The molecule has 3 aromatic carbocycles. The Morgan fingerprint density at radius 3 is 2.63 bits per heavy atom. The van der Waals surface area contributed by atoms with Gasteiger partial charge in [0.2, 0.25) is 0 Å². The first-order chi connectivity index (χ1) is 17.0. The van der Waals surface area contributed by atoms with Crippen LogP contribution in [0.4, 0.5) is 5.69 Å². The number of amides is 1. The van der Waals surface area contributed by atoms with Crippen molar-refractivity contribution in [1.29, 1.82) is 0 Å². The molecule has 0 bridgehead atoms. The van der Waals surface area contributed by atoms with Crippen molar-refractivity contribution in [3.05, 3.63) is 114 Å². The topological polar surface area (TPSA) is 69.3 Å². The number of hydrogen-bond donors (Lipinski definition) is 1. The number of rotatable bonds is 8. The minimum atomic E-state index is -0.331. The molecule has 2 aromatic heterocycles. The lowest BCUT2D eigenvalue weighted by molar-refractivity contribution is 0.0992. The van der Waals surface area contributed by atoms with Gasteiger partial charge in [0.1, 0.15) is 18.1 Å². The molecule has 0 fully saturated rings. The lowest BCUT2D eigenvalue weighted by Gasteiger charge is -2.08. The molecule has 0 aliphatic carbocycles. The molecule has 0 radical (unpaired) electrons. The van der Waals surface area contributed by atoms with Crippen molar-refractivity contribution in [3.63, 3.8) is 0 Å². The van der Waals surface area contributed by atoms with E-state index in [-0.39, 0.29) is 18.3 Å². The Morgan fingerprint density at radius 1 is 1.00 bits per heavy atom. The van der Waals surface area contributed by atoms with Crippen LogP contribution in [-0.2, 0) is 13.2 Å². The lowest BCUT2D eigenvalue weighted by atomic mass is 10.0. The first kappa shape index (κ1) is 22.5. The fraction of sp³-hybridized carbons (Fsp3) is 0.172. The Morgan fingerprint density at radius 2 is 1.80 bits per heavy atom. The minimum Gasteiger partial charge on any atom is -0.486 e. The van der Waals surface area contributed by atoms with E-state index in [2.05, 4.69) is 60.7 Å². The van der Waals surface area contributed by atoms with Crippen LogP contribution >= 0.6 is 0 Å². The van der Waals surface area contributed by atoms with Crippen molar-refractivity contribution < 1.29 is 13.9 Å². The SMILES string of the molecule is CC(C)c1ccc(OCc2ccc(C(=O)Nc3cnn(Cc4cccc5ccccc45)c3)o2)cc1. The molecule has 0 atom stereocenters. The number of nitrogens with zero attached hydrogens (tertiary/aromatic N) is 2. The molecule has 1 N–H and O–H groups in total. The fourth-order valence-electron chi connectivity index (χ4n) is 3.99. The normalized spacial score (nSPS) is 11.2. The van der Waals surface area contributed by atoms with Crippen LogP contribution < -0.4 is 10.1 Å². The maximum atomic E-state index is 12.7. The zero-order valence-corrected chi connectivity index (χ0v) is 19.8. The molecule has 0 saturated heterocycles. The van der Waals surface area contributed by atoms with Gasteiger partial charge in [-0.15, -0.1) is 0 Å². The first-order valence-electron chi connectivity index (χ1n) is 11.7. The third-order valence-corrected chi connectivity index (χ3v) is 5.92. The summed E-state index contributed by atoms with van der Waals surface area (Å²) in [7, 11) is 0. The lowest BCUT2D eigenvalue weighted by Crippen LogP contribution is -2.10. The van der Waals surface area contributed by atoms with Gasteiger partial charge in [0.05, 0.1) is 18.4 Å². The second-order valence-corrected chi connectivity index (χ2v) is 8.80. The van der Waals surface area contributed by atoms with Gasteiger partial charge in [-0.05, 0) is 52.1 Å². The summed E-state index contributed by atoms with van der Waals surface area (Å²) < 4.78 is 13.3. The second kappa shape index (κ2) is 9.89. The van der Waals surface area contributed by atoms with E-state index in [0.717, 1.165) is 5.75 Å². The zero-order chi connectivity index (χ0) is 24.2. The number of nitrogens with one attached hydrogen (secondary N) is 1. The number of fused-ring (bicyclic) bond motifs is 1. The zero-order valence-electron chi connectivity index (χ0n) is 19.8. The Bertz CT molecular complexity index is 1440. The fourth-order valence-corrected chi connectivity index (χ4v) is 3.99. The van der Waals surface area contributed by atoms with Gasteiger partial charge in [-0.25, -0.2) is 0 Å². The highest BCUT2D eigenvalue weighted by Crippen LogP contribution is 2.21. The Kier molecular flexibility index (Phi) is 6.35. The number of carbonyl (C=O) groups is 1. The molecule has 0 spiro atoms. The number of aromatic nitrogens is 2. The van der Waals surface area contributed by atoms with E-state index in [9.17, 15) is 4.79 Å². The van der Waals surface area contributed by atoms with Gasteiger partial charge in [0, 0.05) is 6.20 Å². The van der Waals surface area contributed by atoms with Crippen molar-refractivity contribution in [1.82, 2.24) is 9.78 Å². The molecule has 1 amide bonds. The highest BCUT2D eigenvalue weighted by molar-refractivity contribution is 6.02. The van der Waals surface area contributed by atoms with Crippen LogP contribution in [0.2, 0.25) is 0 Å². The van der Waals surface area contributed by atoms with Crippen LogP contribution in [0.1, 0.15) is 47.2 Å². The maximum Gasteiger partial charge on any atom is 0.291 e. The molecule has 176 valence electrons. The molecular formula is C29H27N3O3. The second-order valence-electron chi connectivity index (χ2n) is 8.80. The molecule has 0 aliphatic rings. The van der Waals surface area contributed by atoms with Gasteiger partial charge in [-0.3, -0.25) is 9.48 Å². The van der Waals surface area contributed by atoms with E-state index in [1.807, 2.05) is 41.2 Å². The van der Waals surface area contributed by atoms with Gasteiger partial charge in [0.25, 0.3) is 5.91 Å². The minimum absolute atomic E-state index is 0.223. The van der Waals surface area contributed by atoms with Crippen LogP contribution in [0.15, 0.2) is 95.7 Å². The van der Waals surface area contributed by atoms with Crippen molar-refractivity contribution in [2.75, 3.05) is 5.32 Å². The van der Waals surface area contributed by atoms with Gasteiger partial charge >= 0.3 is 0 Å². The standard InChI is InChI=1S/C29H27N3O3/c1-20(2)21-10-12-25(13-11-21)34-19-26-14-15-28(35-26)29(33)31-24-16-30-32(18-24)17-23-8-5-7-22-6-3-4-9-27(22)23/h3-16,18,20H,17,19H2,1-2H3,(H,31,33). The largest absolute Gasteiger partial charge is 0.486 e. The molecule has 6 nitrogen and oxygen atoms in total. The van der Waals surface area contributed by atoms with Crippen molar-refractivity contribution in [2.24, 2.45) is 0 Å². The number of anilines is 1. The maximum absolute atomic E-state index is 12.7. The number of ether oxygens (including phenoxy) is 1. The smallest absolute Gasteiger partial charge is 0.291 e. The van der Waals surface area contributed by atoms with E-state index in [1.54, 1.807) is 18.3 Å². The highest BCUT2D eigenvalue weighted by Gasteiger charge is 2.13. The highest BCUT2D eigenvalue weighted by atomic mass is 16.5. The van der Waals surface area contributed by atoms with Crippen LogP contribution in [0.25, 0.3) is 10.8 Å². The van der Waals surface area contributed by atoms with Crippen LogP contribution in [-0.4, -0.2) is 15.7 Å². The summed E-state index contributed by atoms with van der Waals surface area (Å²) >= 11 is 0. The van der Waals surface area contributed by atoms with Crippen LogP contribution in [0, 0.1) is 0 Å². The van der Waals surface area contributed by atoms with Crippen molar-refractivity contribution in [2.45, 2.75) is 32.9 Å². The summed E-state index contributed by atoms with van der Waals surface area (Å²) in [6.07, 6.45) is 3.45. The van der Waals surface area contributed by atoms with E-state index < -0.39 is 0 Å². The molecule has 5 aromatic rings. The third kappa shape index (κ3) is 5.27. The molecule has 5 rings (SSSR count). The number of carbonyl (C=O) groups excluding carboxylic acids is 1. The van der Waals surface area contributed by atoms with Gasteiger partial charge < -0.3 is 14.5 Å². The Balaban J connectivity index is 1.18. The summed E-state index contributed by atoms with van der Waals surface area (Å²) in [5, 5.41) is 9.63. The van der Waals surface area contributed by atoms with E-state index in [0.29, 0.717) is 23.9 Å². The molecule has 0 aliphatic heterocycles. The Hall–Kier alpha value is -4.32. The summed E-state index contributed by atoms with van der Waals surface area (Å²) in [6.45, 7) is 5.16. The quantitative estimate of drug-likeness (QED) is 0.279. The average Bonchev–Trinajstić information content (AvgIpc) is 3.53. The van der Waals surface area contributed by atoms with Gasteiger partial charge in [0.15, 0.2) is 5.76 Å². The summed E-state index contributed by atoms with van der Waals surface area (Å²) in [5.41, 5.74) is 3.03. The average molecular weight is 466 g/mol. The predicted octanol–water partition coefficient (Wildman–Crippen LogP) is 6.63. The number of benzene rings is 3. The van der Waals surface area contributed by atoms with Crippen molar-refractivity contribution in [3.8, 4) is 5.75 Å². The molecule has 35 heavy (non-hydrogen) atoms. The van der Waals surface area contributed by atoms with E-state index in [1.165, 1.54) is 21.9 Å². The molecule has 0 saturated carbocycles. The summed E-state index contributed by atoms with van der Waals surface area (Å²) in [5.74, 6) is 1.70. The van der Waals surface area contributed by atoms with Gasteiger partial charge in [-0.1, -0.05) is 68.4 Å². The monoisotopic (exact) mass is 465 g/mol. The summed E-state index contributed by atoms with van der Waals surface area (Å²) in [6, 6.07) is 25.9. The van der Waals surface area contributed by atoms with Crippen molar-refractivity contribution >= 4 is 22.4 Å². The van der Waals surface area contributed by atoms with Gasteiger partial charge in [-0.2, -0.15) is 5.10 Å². The van der Waals surface area contributed by atoms with Crippen LogP contribution in [0.3, 0.4) is 0 Å².